The molecule has 0 amide bonds. The number of nitrogen functional groups attached to an aromatic ring is 1. The minimum Gasteiger partial charge on any atom is -0.399 e. The summed E-state index contributed by atoms with van der Waals surface area (Å²) in [6, 6.07) is 16.4. The first kappa shape index (κ1) is 12.2. The van der Waals surface area contributed by atoms with Crippen LogP contribution in [0.3, 0.4) is 0 Å². The third kappa shape index (κ3) is 2.31. The highest BCUT2D eigenvalue weighted by atomic mass is 15.0. The Morgan fingerprint density at radius 3 is 2.76 bits per heavy atom. The van der Waals surface area contributed by atoms with Gasteiger partial charge in [0.05, 0.1) is 5.52 Å². The maximum Gasteiger partial charge on any atom is 0.131 e. The maximum atomic E-state index is 5.79. The number of benzene rings is 2. The summed E-state index contributed by atoms with van der Waals surface area (Å²) < 4.78 is 0. The van der Waals surface area contributed by atoms with Gasteiger partial charge in [0.25, 0.3) is 0 Å². The Hall–Kier alpha value is -2.55. The molecule has 4 rings (SSSR count). The zero-order chi connectivity index (χ0) is 14.2. The van der Waals surface area contributed by atoms with Crippen molar-refractivity contribution in [3.63, 3.8) is 0 Å². The van der Waals surface area contributed by atoms with Gasteiger partial charge in [0.2, 0.25) is 0 Å². The summed E-state index contributed by atoms with van der Waals surface area (Å²) in [7, 11) is 0. The summed E-state index contributed by atoms with van der Waals surface area (Å²) in [6.45, 7) is 0. The molecular formula is C18H17N3. The molecule has 0 saturated heterocycles. The first-order valence-corrected chi connectivity index (χ1v) is 7.33. The summed E-state index contributed by atoms with van der Waals surface area (Å²) in [5, 5.41) is 4.46. The number of fused-ring (bicyclic) bond motifs is 2. The Morgan fingerprint density at radius 2 is 1.81 bits per heavy atom. The standard InChI is InChI=1S/C18H17N3/c19-15-6-8-17-14(10-15)5-9-18(21-17)20-16-7-4-12-2-1-3-13(12)11-16/h4-11H,1-3,19H2,(H,20,21). The summed E-state index contributed by atoms with van der Waals surface area (Å²) in [4.78, 5) is 4.64. The lowest BCUT2D eigenvalue weighted by Gasteiger charge is -2.09. The van der Waals surface area contributed by atoms with E-state index in [1.54, 1.807) is 0 Å². The van der Waals surface area contributed by atoms with Gasteiger partial charge in [-0.15, -0.1) is 0 Å². The van der Waals surface area contributed by atoms with E-state index >= 15 is 0 Å². The van der Waals surface area contributed by atoms with Crippen LogP contribution in [0.15, 0.2) is 48.5 Å². The molecule has 0 saturated carbocycles. The van der Waals surface area contributed by atoms with Crippen molar-refractivity contribution < 1.29 is 0 Å². The van der Waals surface area contributed by atoms with E-state index in [0.29, 0.717) is 0 Å². The smallest absolute Gasteiger partial charge is 0.131 e. The van der Waals surface area contributed by atoms with E-state index in [0.717, 1.165) is 28.1 Å². The normalized spacial score (nSPS) is 13.3. The summed E-state index contributed by atoms with van der Waals surface area (Å²) >= 11 is 0. The Labute approximate surface area is 123 Å². The van der Waals surface area contributed by atoms with Crippen molar-refractivity contribution in [2.75, 3.05) is 11.1 Å². The largest absolute Gasteiger partial charge is 0.399 e. The van der Waals surface area contributed by atoms with Crippen LogP contribution in [0.1, 0.15) is 17.5 Å². The molecule has 1 aliphatic rings. The number of rotatable bonds is 2. The van der Waals surface area contributed by atoms with Crippen molar-refractivity contribution in [2.45, 2.75) is 19.3 Å². The molecule has 0 spiro atoms. The summed E-state index contributed by atoms with van der Waals surface area (Å²) in [5.41, 5.74) is 11.6. The SMILES string of the molecule is Nc1ccc2nc(Nc3ccc4c(c3)CCC4)ccc2c1. The third-order valence-electron chi connectivity index (χ3n) is 4.08. The second-order valence-corrected chi connectivity index (χ2v) is 5.61. The number of aryl methyl sites for hydroxylation is 2. The lowest BCUT2D eigenvalue weighted by Crippen LogP contribution is -1.95. The Balaban J connectivity index is 1.66. The van der Waals surface area contributed by atoms with Crippen LogP contribution in [0.2, 0.25) is 0 Å². The zero-order valence-corrected chi connectivity index (χ0v) is 11.8. The van der Waals surface area contributed by atoms with E-state index in [2.05, 4.69) is 28.5 Å². The van der Waals surface area contributed by atoms with Gasteiger partial charge in [-0.1, -0.05) is 6.07 Å². The number of nitrogens with one attached hydrogen (secondary N) is 1. The molecule has 0 aliphatic heterocycles. The van der Waals surface area contributed by atoms with Crippen LogP contribution in [0.5, 0.6) is 0 Å². The van der Waals surface area contributed by atoms with Gasteiger partial charge in [-0.2, -0.15) is 0 Å². The second-order valence-electron chi connectivity index (χ2n) is 5.61. The van der Waals surface area contributed by atoms with E-state index in [-0.39, 0.29) is 0 Å². The van der Waals surface area contributed by atoms with E-state index in [1.807, 2.05) is 30.3 Å². The highest BCUT2D eigenvalue weighted by Crippen LogP contribution is 2.27. The predicted octanol–water partition coefficient (Wildman–Crippen LogP) is 4.05. The van der Waals surface area contributed by atoms with Crippen molar-refractivity contribution in [3.8, 4) is 0 Å². The monoisotopic (exact) mass is 275 g/mol. The van der Waals surface area contributed by atoms with Crippen LogP contribution in [0, 0.1) is 0 Å². The fourth-order valence-corrected chi connectivity index (χ4v) is 3.01. The quantitative estimate of drug-likeness (QED) is 0.694. The van der Waals surface area contributed by atoms with Crippen LogP contribution in [-0.4, -0.2) is 4.98 Å². The van der Waals surface area contributed by atoms with Crippen molar-refractivity contribution in [1.82, 2.24) is 4.98 Å². The van der Waals surface area contributed by atoms with Gasteiger partial charge in [0.15, 0.2) is 0 Å². The fourth-order valence-electron chi connectivity index (χ4n) is 3.01. The minimum absolute atomic E-state index is 0.767. The van der Waals surface area contributed by atoms with Crippen LogP contribution in [0.25, 0.3) is 10.9 Å². The van der Waals surface area contributed by atoms with Crippen LogP contribution >= 0.6 is 0 Å². The first-order chi connectivity index (χ1) is 10.3. The average Bonchev–Trinajstić information content (AvgIpc) is 2.95. The number of hydrogen-bond acceptors (Lipinski definition) is 3. The van der Waals surface area contributed by atoms with Gasteiger partial charge in [0.1, 0.15) is 5.82 Å². The van der Waals surface area contributed by atoms with Crippen molar-refractivity contribution in [1.29, 1.82) is 0 Å². The van der Waals surface area contributed by atoms with E-state index in [1.165, 1.54) is 30.4 Å². The van der Waals surface area contributed by atoms with E-state index in [9.17, 15) is 0 Å². The number of aromatic nitrogens is 1. The molecule has 21 heavy (non-hydrogen) atoms. The van der Waals surface area contributed by atoms with Crippen molar-refractivity contribution in [3.05, 3.63) is 59.7 Å². The van der Waals surface area contributed by atoms with Gasteiger partial charge < -0.3 is 11.1 Å². The minimum atomic E-state index is 0.767. The molecule has 3 N–H and O–H groups in total. The number of pyridine rings is 1. The molecule has 0 unspecified atom stereocenters. The second kappa shape index (κ2) is 4.77. The lowest BCUT2D eigenvalue weighted by atomic mass is 10.1. The Kier molecular flexibility index (Phi) is 2.78. The van der Waals surface area contributed by atoms with Crippen LogP contribution in [-0.2, 0) is 12.8 Å². The maximum absolute atomic E-state index is 5.79. The van der Waals surface area contributed by atoms with E-state index in [4.69, 9.17) is 5.73 Å². The molecular weight excluding hydrogens is 258 g/mol. The van der Waals surface area contributed by atoms with Crippen LogP contribution in [0.4, 0.5) is 17.2 Å². The molecule has 2 aromatic carbocycles. The molecule has 3 heteroatoms. The fraction of sp³-hybridized carbons (Fsp3) is 0.167. The van der Waals surface area contributed by atoms with Gasteiger partial charge in [-0.3, -0.25) is 0 Å². The van der Waals surface area contributed by atoms with Crippen LogP contribution < -0.4 is 11.1 Å². The molecule has 0 fully saturated rings. The Morgan fingerprint density at radius 1 is 0.905 bits per heavy atom. The molecule has 0 bridgehead atoms. The van der Waals surface area contributed by atoms with Gasteiger partial charge >= 0.3 is 0 Å². The van der Waals surface area contributed by atoms with Gasteiger partial charge in [-0.05, 0) is 72.9 Å². The molecule has 1 heterocycles. The summed E-state index contributed by atoms with van der Waals surface area (Å²) in [5.74, 6) is 0.866. The number of nitrogens with two attached hydrogens (primary N) is 1. The average molecular weight is 275 g/mol. The number of nitrogens with zero attached hydrogens (tertiary/aromatic N) is 1. The Bertz CT molecular complexity index is 824. The highest BCUT2D eigenvalue weighted by molar-refractivity contribution is 5.83. The van der Waals surface area contributed by atoms with Gasteiger partial charge in [0, 0.05) is 16.8 Å². The van der Waals surface area contributed by atoms with Gasteiger partial charge in [-0.25, -0.2) is 4.98 Å². The molecule has 1 aliphatic carbocycles. The molecule has 0 radical (unpaired) electrons. The van der Waals surface area contributed by atoms with Crippen molar-refractivity contribution in [2.24, 2.45) is 0 Å². The number of hydrogen-bond donors (Lipinski definition) is 2. The third-order valence-corrected chi connectivity index (χ3v) is 4.08. The lowest BCUT2D eigenvalue weighted by molar-refractivity contribution is 0.912. The topological polar surface area (TPSA) is 50.9 Å². The number of anilines is 3. The van der Waals surface area contributed by atoms with Crippen molar-refractivity contribution >= 4 is 28.1 Å². The molecule has 3 aromatic rings. The highest BCUT2D eigenvalue weighted by Gasteiger charge is 2.10. The molecule has 3 nitrogen and oxygen atoms in total. The molecule has 0 atom stereocenters. The first-order valence-electron chi connectivity index (χ1n) is 7.33. The molecule has 104 valence electrons. The molecule has 1 aromatic heterocycles. The zero-order valence-electron chi connectivity index (χ0n) is 11.8. The van der Waals surface area contributed by atoms with E-state index < -0.39 is 0 Å². The summed E-state index contributed by atoms with van der Waals surface area (Å²) in [6.07, 6.45) is 3.68. The predicted molar refractivity (Wildman–Crippen MR) is 87.9 cm³/mol.